The molecule has 0 atom stereocenters. The number of aromatic nitrogens is 1. The Labute approximate surface area is 124 Å². The van der Waals surface area contributed by atoms with Crippen molar-refractivity contribution in [2.75, 3.05) is 11.4 Å². The fraction of sp³-hybridized carbons (Fsp3) is 0.438. The maximum Gasteiger partial charge on any atom is 0.190 e. The fourth-order valence-corrected chi connectivity index (χ4v) is 3.44. The lowest BCUT2D eigenvalue weighted by Crippen LogP contribution is -2.24. The Balaban J connectivity index is 1.80. The minimum atomic E-state index is 0.510. The Bertz CT molecular complexity index is 577. The Morgan fingerprint density at radius 2 is 2.20 bits per heavy atom. The van der Waals surface area contributed by atoms with Gasteiger partial charge in [0.25, 0.3) is 0 Å². The lowest BCUT2D eigenvalue weighted by molar-refractivity contribution is 0.593. The average Bonchev–Trinajstić information content (AvgIpc) is 2.93. The first-order valence-electron chi connectivity index (χ1n) is 7.27. The second kappa shape index (κ2) is 5.94. The smallest absolute Gasteiger partial charge is 0.190 e. The molecule has 1 aromatic carbocycles. The Hall–Kier alpha value is -1.39. The quantitative estimate of drug-likeness (QED) is 0.929. The van der Waals surface area contributed by atoms with Gasteiger partial charge in [-0.15, -0.1) is 11.3 Å². The van der Waals surface area contributed by atoms with Crippen molar-refractivity contribution in [1.29, 1.82) is 0 Å². The number of para-hydroxylation sites is 1. The van der Waals surface area contributed by atoms with Gasteiger partial charge in [-0.25, -0.2) is 4.98 Å². The molecule has 1 N–H and O–H groups in total. The van der Waals surface area contributed by atoms with Crippen molar-refractivity contribution in [3.8, 4) is 0 Å². The van der Waals surface area contributed by atoms with Gasteiger partial charge in [0.1, 0.15) is 0 Å². The van der Waals surface area contributed by atoms with E-state index >= 15 is 0 Å². The molecule has 3 nitrogen and oxygen atoms in total. The van der Waals surface area contributed by atoms with Crippen LogP contribution in [0.5, 0.6) is 0 Å². The van der Waals surface area contributed by atoms with Crippen LogP contribution in [-0.4, -0.2) is 17.6 Å². The highest BCUT2D eigenvalue weighted by Gasteiger charge is 2.20. The number of fused-ring (bicyclic) bond motifs is 1. The molecule has 106 valence electrons. The summed E-state index contributed by atoms with van der Waals surface area (Å²) >= 11 is 1.80. The molecule has 0 saturated heterocycles. The van der Waals surface area contributed by atoms with Crippen molar-refractivity contribution in [2.24, 2.45) is 0 Å². The lowest BCUT2D eigenvalue weighted by Gasteiger charge is -2.28. The van der Waals surface area contributed by atoms with Gasteiger partial charge < -0.3 is 10.2 Å². The van der Waals surface area contributed by atoms with Crippen LogP contribution in [0.4, 0.5) is 10.8 Å². The summed E-state index contributed by atoms with van der Waals surface area (Å²) in [5.41, 5.74) is 2.77. The monoisotopic (exact) mass is 287 g/mol. The standard InChI is InChI=1S/C16H21N3S/c1-12(2)17-10-14-11-18-16(20-14)19-9-5-7-13-6-3-4-8-15(13)19/h3-4,6,8,11-12,17H,5,7,9-10H2,1-2H3. The maximum atomic E-state index is 4.62. The van der Waals surface area contributed by atoms with Gasteiger partial charge in [-0.05, 0) is 24.5 Å². The van der Waals surface area contributed by atoms with Crippen LogP contribution < -0.4 is 10.2 Å². The largest absolute Gasteiger partial charge is 0.318 e. The van der Waals surface area contributed by atoms with Gasteiger partial charge in [-0.2, -0.15) is 0 Å². The number of thiazole rings is 1. The van der Waals surface area contributed by atoms with Crippen LogP contribution in [0.2, 0.25) is 0 Å². The Kier molecular flexibility index (Phi) is 4.03. The van der Waals surface area contributed by atoms with Gasteiger partial charge in [0, 0.05) is 35.9 Å². The molecular formula is C16H21N3S. The molecule has 0 spiro atoms. The van der Waals surface area contributed by atoms with Gasteiger partial charge >= 0.3 is 0 Å². The van der Waals surface area contributed by atoms with Crippen molar-refractivity contribution in [2.45, 2.75) is 39.3 Å². The topological polar surface area (TPSA) is 28.2 Å². The number of rotatable bonds is 4. The number of hydrogen-bond acceptors (Lipinski definition) is 4. The molecule has 1 aromatic heterocycles. The van der Waals surface area contributed by atoms with E-state index in [0.717, 1.165) is 18.2 Å². The summed E-state index contributed by atoms with van der Waals surface area (Å²) in [7, 11) is 0. The summed E-state index contributed by atoms with van der Waals surface area (Å²) in [4.78, 5) is 8.29. The molecular weight excluding hydrogens is 266 g/mol. The number of aryl methyl sites for hydroxylation is 1. The summed E-state index contributed by atoms with van der Waals surface area (Å²) in [6.07, 6.45) is 4.39. The number of nitrogens with one attached hydrogen (secondary N) is 1. The molecule has 0 fully saturated rings. The maximum absolute atomic E-state index is 4.62. The van der Waals surface area contributed by atoms with E-state index in [2.05, 4.69) is 53.3 Å². The Morgan fingerprint density at radius 1 is 1.35 bits per heavy atom. The second-order valence-electron chi connectivity index (χ2n) is 5.53. The SMILES string of the molecule is CC(C)NCc1cnc(N2CCCc3ccccc32)s1. The minimum Gasteiger partial charge on any atom is -0.318 e. The molecule has 0 saturated carbocycles. The third kappa shape index (κ3) is 2.86. The van der Waals surface area contributed by atoms with E-state index in [1.807, 2.05) is 6.20 Å². The van der Waals surface area contributed by atoms with Crippen LogP contribution in [0, 0.1) is 0 Å². The highest BCUT2D eigenvalue weighted by atomic mass is 32.1. The third-order valence-corrected chi connectivity index (χ3v) is 4.59. The zero-order valence-electron chi connectivity index (χ0n) is 12.1. The van der Waals surface area contributed by atoms with E-state index in [9.17, 15) is 0 Å². The lowest BCUT2D eigenvalue weighted by atomic mass is 10.0. The van der Waals surface area contributed by atoms with Crippen LogP contribution in [0.1, 0.15) is 30.7 Å². The van der Waals surface area contributed by atoms with Gasteiger partial charge in [0.05, 0.1) is 0 Å². The number of anilines is 2. The molecule has 2 aromatic rings. The molecule has 0 amide bonds. The van der Waals surface area contributed by atoms with Crippen molar-refractivity contribution in [3.05, 3.63) is 40.9 Å². The van der Waals surface area contributed by atoms with Crippen molar-refractivity contribution in [1.82, 2.24) is 10.3 Å². The van der Waals surface area contributed by atoms with Gasteiger partial charge in [-0.3, -0.25) is 0 Å². The van der Waals surface area contributed by atoms with E-state index in [1.54, 1.807) is 11.3 Å². The molecule has 20 heavy (non-hydrogen) atoms. The van der Waals surface area contributed by atoms with Crippen LogP contribution in [0.15, 0.2) is 30.5 Å². The van der Waals surface area contributed by atoms with Gasteiger partial charge in [-0.1, -0.05) is 32.0 Å². The van der Waals surface area contributed by atoms with Crippen LogP contribution in [0.3, 0.4) is 0 Å². The van der Waals surface area contributed by atoms with E-state index in [4.69, 9.17) is 0 Å². The van der Waals surface area contributed by atoms with Crippen LogP contribution in [-0.2, 0) is 13.0 Å². The van der Waals surface area contributed by atoms with Gasteiger partial charge in [0.15, 0.2) is 5.13 Å². The summed E-state index contributed by atoms with van der Waals surface area (Å²) < 4.78 is 0. The second-order valence-corrected chi connectivity index (χ2v) is 6.62. The zero-order valence-corrected chi connectivity index (χ0v) is 12.9. The minimum absolute atomic E-state index is 0.510. The number of nitrogens with zero attached hydrogens (tertiary/aromatic N) is 2. The summed E-state index contributed by atoms with van der Waals surface area (Å²) in [6, 6.07) is 9.20. The summed E-state index contributed by atoms with van der Waals surface area (Å²) in [6.45, 7) is 6.32. The first kappa shape index (κ1) is 13.6. The van der Waals surface area contributed by atoms with Gasteiger partial charge in [0.2, 0.25) is 0 Å². The highest BCUT2D eigenvalue weighted by Crippen LogP contribution is 2.35. The number of benzene rings is 1. The Morgan fingerprint density at radius 3 is 3.05 bits per heavy atom. The molecule has 0 bridgehead atoms. The molecule has 2 heterocycles. The van der Waals surface area contributed by atoms with Crippen molar-refractivity contribution < 1.29 is 0 Å². The van der Waals surface area contributed by atoms with Crippen LogP contribution in [0.25, 0.3) is 0 Å². The predicted octanol–water partition coefficient (Wildman–Crippen LogP) is 3.73. The molecule has 0 radical (unpaired) electrons. The van der Waals surface area contributed by atoms with E-state index in [1.165, 1.54) is 29.0 Å². The van der Waals surface area contributed by atoms with E-state index < -0.39 is 0 Å². The van der Waals surface area contributed by atoms with Crippen molar-refractivity contribution in [3.63, 3.8) is 0 Å². The van der Waals surface area contributed by atoms with E-state index in [0.29, 0.717) is 6.04 Å². The predicted molar refractivity (Wildman–Crippen MR) is 85.9 cm³/mol. The third-order valence-electron chi connectivity index (χ3n) is 3.57. The van der Waals surface area contributed by atoms with E-state index in [-0.39, 0.29) is 0 Å². The molecule has 4 heteroatoms. The summed E-state index contributed by atoms with van der Waals surface area (Å²) in [5.74, 6) is 0. The zero-order chi connectivity index (χ0) is 13.9. The number of hydrogen-bond donors (Lipinski definition) is 1. The molecule has 3 rings (SSSR count). The highest BCUT2D eigenvalue weighted by molar-refractivity contribution is 7.15. The normalized spacial score (nSPS) is 14.7. The van der Waals surface area contributed by atoms with Crippen molar-refractivity contribution >= 4 is 22.2 Å². The first-order chi connectivity index (χ1) is 9.74. The molecule has 0 aliphatic carbocycles. The molecule has 1 aliphatic rings. The molecule has 0 unspecified atom stereocenters. The van der Waals surface area contributed by atoms with Crippen LogP contribution >= 0.6 is 11.3 Å². The first-order valence-corrected chi connectivity index (χ1v) is 8.09. The fourth-order valence-electron chi connectivity index (χ4n) is 2.54. The molecule has 1 aliphatic heterocycles. The average molecular weight is 287 g/mol. The summed E-state index contributed by atoms with van der Waals surface area (Å²) in [5, 5.41) is 4.57.